The number of ketones is 1. The number of benzene rings is 1. The van der Waals surface area contributed by atoms with Crippen molar-refractivity contribution in [3.8, 4) is 0 Å². The molecule has 0 bridgehead atoms. The van der Waals surface area contributed by atoms with Crippen molar-refractivity contribution in [3.05, 3.63) is 35.9 Å². The fraction of sp³-hybridized carbons (Fsp3) is 0.741. The molecule has 1 rings (SSSR count). The molecule has 0 saturated heterocycles. The molecule has 0 aromatic heterocycles. The van der Waals surface area contributed by atoms with Gasteiger partial charge in [-0.2, -0.15) is 0 Å². The Morgan fingerprint density at radius 2 is 1.10 bits per heavy atom. The molecule has 166 valence electrons. The van der Waals surface area contributed by atoms with Gasteiger partial charge in [0.1, 0.15) is 0 Å². The van der Waals surface area contributed by atoms with Gasteiger partial charge < -0.3 is 0 Å². The summed E-state index contributed by atoms with van der Waals surface area (Å²) in [5.41, 5.74) is 0.883. The molecule has 1 aromatic carbocycles. The molecule has 1 atom stereocenters. The number of unbranched alkanes of at least 4 members (excludes halogenated alkanes) is 15. The van der Waals surface area contributed by atoms with Crippen LogP contribution >= 0.6 is 0 Å². The molecule has 0 amide bonds. The summed E-state index contributed by atoms with van der Waals surface area (Å²) in [6, 6.07) is 9.79. The topological polar surface area (TPSA) is 17.1 Å². The summed E-state index contributed by atoms with van der Waals surface area (Å²) < 4.78 is 0. The molecule has 1 aromatic rings. The number of hydrogen-bond acceptors (Lipinski definition) is 1. The van der Waals surface area contributed by atoms with E-state index in [4.69, 9.17) is 0 Å². The minimum atomic E-state index is 0.223. The predicted octanol–water partition coefficient (Wildman–Crippen LogP) is 9.06. The van der Waals surface area contributed by atoms with E-state index >= 15 is 0 Å². The second-order valence-electron chi connectivity index (χ2n) is 8.55. The Labute approximate surface area is 188 Å². The van der Waals surface area contributed by atoms with Gasteiger partial charge in [-0.1, -0.05) is 39.0 Å². The number of carbonyl (C=O) groups is 1. The SMILES string of the molecule is CCCCCCCCCCCCCCCCCC[Se]C(C)C(=O)c1ccccc1. The molecule has 0 saturated carbocycles. The third-order valence-corrected chi connectivity index (χ3v) is 8.39. The average Bonchev–Trinajstić information content (AvgIpc) is 2.75. The van der Waals surface area contributed by atoms with E-state index in [-0.39, 0.29) is 4.82 Å². The molecule has 2 heteroatoms. The van der Waals surface area contributed by atoms with E-state index < -0.39 is 0 Å². The van der Waals surface area contributed by atoms with Crippen molar-refractivity contribution in [2.45, 2.75) is 127 Å². The Bertz CT molecular complexity index is 485. The van der Waals surface area contributed by atoms with Gasteiger partial charge in [0.15, 0.2) is 0 Å². The van der Waals surface area contributed by atoms with Gasteiger partial charge in [0.25, 0.3) is 0 Å². The first kappa shape index (κ1) is 26.4. The average molecular weight is 466 g/mol. The predicted molar refractivity (Wildman–Crippen MR) is 130 cm³/mol. The second kappa shape index (κ2) is 19.4. The zero-order valence-corrected chi connectivity index (χ0v) is 21.0. The van der Waals surface area contributed by atoms with E-state index in [0.29, 0.717) is 20.7 Å². The van der Waals surface area contributed by atoms with Gasteiger partial charge in [0.2, 0.25) is 0 Å². The molecule has 0 heterocycles. The van der Waals surface area contributed by atoms with Crippen molar-refractivity contribution in [2.24, 2.45) is 0 Å². The first-order valence-corrected chi connectivity index (χ1v) is 14.7. The van der Waals surface area contributed by atoms with Crippen molar-refractivity contribution in [2.75, 3.05) is 0 Å². The van der Waals surface area contributed by atoms with E-state index in [1.807, 2.05) is 30.3 Å². The summed E-state index contributed by atoms with van der Waals surface area (Å²) in [4.78, 5) is 12.6. The van der Waals surface area contributed by atoms with Gasteiger partial charge in [-0.15, -0.1) is 0 Å². The van der Waals surface area contributed by atoms with Gasteiger partial charge in [-0.25, -0.2) is 0 Å². The molecule has 0 aliphatic heterocycles. The van der Waals surface area contributed by atoms with Gasteiger partial charge in [0, 0.05) is 0 Å². The standard InChI is InChI=1S/C27H46OSe/c1-3-4-5-6-7-8-9-10-11-12-13-14-15-16-17-21-24-29-25(2)27(28)26-22-19-18-20-23-26/h18-20,22-23,25H,3-17,21,24H2,1-2H3. The van der Waals surface area contributed by atoms with Crippen LogP contribution in [0.2, 0.25) is 10.1 Å². The molecule has 1 nitrogen and oxygen atoms in total. The summed E-state index contributed by atoms with van der Waals surface area (Å²) in [5, 5.41) is 1.26. The van der Waals surface area contributed by atoms with Crippen molar-refractivity contribution in [1.82, 2.24) is 0 Å². The van der Waals surface area contributed by atoms with Crippen LogP contribution in [0.25, 0.3) is 0 Å². The second-order valence-corrected chi connectivity index (χ2v) is 11.6. The summed E-state index contributed by atoms with van der Waals surface area (Å²) >= 11 is 0.447. The third kappa shape index (κ3) is 14.9. The number of rotatable bonds is 20. The van der Waals surface area contributed by atoms with Crippen LogP contribution < -0.4 is 0 Å². The van der Waals surface area contributed by atoms with Crippen LogP contribution in [0.15, 0.2) is 30.3 Å². The molecule has 0 spiro atoms. The van der Waals surface area contributed by atoms with Crippen LogP contribution in [0.1, 0.15) is 127 Å². The van der Waals surface area contributed by atoms with E-state index in [1.54, 1.807) is 0 Å². The zero-order valence-electron chi connectivity index (χ0n) is 19.3. The van der Waals surface area contributed by atoms with Crippen molar-refractivity contribution in [3.63, 3.8) is 0 Å². The number of hydrogen-bond donors (Lipinski definition) is 0. The Balaban J connectivity index is 1.80. The first-order chi connectivity index (χ1) is 14.3. The molecule has 0 fully saturated rings. The van der Waals surface area contributed by atoms with Crippen LogP contribution in [0.5, 0.6) is 0 Å². The number of carbonyl (C=O) groups excluding carboxylic acids is 1. The number of Topliss-reactive ketones (excluding diaryl/α,β-unsaturated/α-hetero) is 1. The Kier molecular flexibility index (Phi) is 17.7. The zero-order chi connectivity index (χ0) is 21.0. The van der Waals surface area contributed by atoms with Gasteiger partial charge >= 0.3 is 149 Å². The van der Waals surface area contributed by atoms with Crippen molar-refractivity contribution >= 4 is 20.7 Å². The van der Waals surface area contributed by atoms with Crippen LogP contribution in [0.3, 0.4) is 0 Å². The van der Waals surface area contributed by atoms with Crippen LogP contribution in [-0.4, -0.2) is 20.7 Å². The molecule has 0 aliphatic carbocycles. The molecular weight excluding hydrogens is 419 g/mol. The molecule has 1 unspecified atom stereocenters. The van der Waals surface area contributed by atoms with Crippen LogP contribution in [0.4, 0.5) is 0 Å². The summed E-state index contributed by atoms with van der Waals surface area (Å²) in [6.07, 6.45) is 22.7. The monoisotopic (exact) mass is 466 g/mol. The quantitative estimate of drug-likeness (QED) is 0.107. The van der Waals surface area contributed by atoms with E-state index in [0.717, 1.165) is 5.56 Å². The van der Waals surface area contributed by atoms with Crippen LogP contribution in [0, 0.1) is 0 Å². The summed E-state index contributed by atoms with van der Waals surface area (Å²) in [5.74, 6) is 0.335. The molecule has 0 radical (unpaired) electrons. The van der Waals surface area contributed by atoms with Crippen LogP contribution in [-0.2, 0) is 0 Å². The van der Waals surface area contributed by atoms with E-state index in [9.17, 15) is 4.79 Å². The fourth-order valence-corrected chi connectivity index (χ4v) is 5.95. The van der Waals surface area contributed by atoms with E-state index in [2.05, 4.69) is 13.8 Å². The Morgan fingerprint density at radius 3 is 1.55 bits per heavy atom. The summed E-state index contributed by atoms with van der Waals surface area (Å²) in [7, 11) is 0. The maximum atomic E-state index is 12.4. The minimum absolute atomic E-state index is 0.223. The van der Waals surface area contributed by atoms with Gasteiger partial charge in [0.05, 0.1) is 0 Å². The summed E-state index contributed by atoms with van der Waals surface area (Å²) in [6.45, 7) is 4.40. The Morgan fingerprint density at radius 1 is 0.690 bits per heavy atom. The van der Waals surface area contributed by atoms with Gasteiger partial charge in [-0.3, -0.25) is 0 Å². The Hall–Kier alpha value is -0.591. The van der Waals surface area contributed by atoms with Gasteiger partial charge in [-0.05, 0) is 0 Å². The first-order valence-electron chi connectivity index (χ1n) is 12.5. The molecular formula is C27H46OSe. The fourth-order valence-electron chi connectivity index (χ4n) is 3.82. The maximum absolute atomic E-state index is 12.4. The molecule has 0 aliphatic rings. The third-order valence-electron chi connectivity index (χ3n) is 5.79. The van der Waals surface area contributed by atoms with Crippen molar-refractivity contribution < 1.29 is 4.79 Å². The molecule has 29 heavy (non-hydrogen) atoms. The van der Waals surface area contributed by atoms with Crippen molar-refractivity contribution in [1.29, 1.82) is 0 Å². The van der Waals surface area contributed by atoms with E-state index in [1.165, 1.54) is 108 Å². The molecule has 0 N–H and O–H groups in total. The normalized spacial score (nSPS) is 12.2.